The van der Waals surface area contributed by atoms with Crippen molar-refractivity contribution in [3.63, 3.8) is 0 Å². The summed E-state index contributed by atoms with van der Waals surface area (Å²) in [5.41, 5.74) is 0. The Morgan fingerprint density at radius 1 is 1.44 bits per heavy atom. The van der Waals surface area contributed by atoms with E-state index in [1.54, 1.807) is 0 Å². The van der Waals surface area contributed by atoms with E-state index < -0.39 is 0 Å². The van der Waals surface area contributed by atoms with Gasteiger partial charge in [-0.25, -0.2) is 4.98 Å². The summed E-state index contributed by atoms with van der Waals surface area (Å²) in [7, 11) is 0. The summed E-state index contributed by atoms with van der Waals surface area (Å²) in [6.07, 6.45) is 0. The van der Waals surface area contributed by atoms with Gasteiger partial charge in [0, 0.05) is 15.8 Å². The molecular formula is C11H16N4S. The molecule has 2 rings (SSSR count). The van der Waals surface area contributed by atoms with Crippen LogP contribution in [-0.4, -0.2) is 15.2 Å². The van der Waals surface area contributed by atoms with Crippen molar-refractivity contribution in [2.45, 2.75) is 33.4 Å². The van der Waals surface area contributed by atoms with Gasteiger partial charge in [-0.15, -0.1) is 11.3 Å². The van der Waals surface area contributed by atoms with E-state index in [4.69, 9.17) is 0 Å². The first-order valence-electron chi connectivity index (χ1n) is 5.33. The highest BCUT2D eigenvalue weighted by Crippen LogP contribution is 2.22. The number of nitrogens with zero attached hydrogens (tertiary/aromatic N) is 2. The fourth-order valence-corrected chi connectivity index (χ4v) is 2.40. The molecule has 2 heterocycles. The zero-order chi connectivity index (χ0) is 11.5. The fourth-order valence-electron chi connectivity index (χ4n) is 1.50. The SMILES string of the molecule is Cc1nc(CNC(C)c2ccc(C)s2)n[nH]1. The summed E-state index contributed by atoms with van der Waals surface area (Å²) in [6.45, 7) is 6.88. The second-order valence-electron chi connectivity index (χ2n) is 3.89. The van der Waals surface area contributed by atoms with E-state index in [1.165, 1.54) is 9.75 Å². The molecule has 2 N–H and O–H groups in total. The number of rotatable bonds is 4. The van der Waals surface area contributed by atoms with Crippen molar-refractivity contribution in [1.82, 2.24) is 20.5 Å². The highest BCUT2D eigenvalue weighted by molar-refractivity contribution is 7.12. The first-order chi connectivity index (χ1) is 7.65. The molecule has 86 valence electrons. The molecule has 0 aliphatic heterocycles. The molecule has 0 aromatic carbocycles. The maximum absolute atomic E-state index is 4.26. The predicted molar refractivity (Wildman–Crippen MR) is 65.4 cm³/mol. The Morgan fingerprint density at radius 3 is 2.81 bits per heavy atom. The number of hydrogen-bond donors (Lipinski definition) is 2. The normalized spacial score (nSPS) is 12.9. The van der Waals surface area contributed by atoms with Crippen LogP contribution < -0.4 is 5.32 Å². The van der Waals surface area contributed by atoms with Crippen LogP contribution in [0.25, 0.3) is 0 Å². The van der Waals surface area contributed by atoms with E-state index in [-0.39, 0.29) is 0 Å². The molecule has 0 radical (unpaired) electrons. The molecule has 0 saturated carbocycles. The minimum absolute atomic E-state index is 0.345. The van der Waals surface area contributed by atoms with Crippen LogP contribution in [0.15, 0.2) is 12.1 Å². The van der Waals surface area contributed by atoms with Gasteiger partial charge in [-0.3, -0.25) is 5.10 Å². The summed E-state index contributed by atoms with van der Waals surface area (Å²) in [5.74, 6) is 1.68. The molecule has 5 heteroatoms. The van der Waals surface area contributed by atoms with E-state index in [9.17, 15) is 0 Å². The third-order valence-corrected chi connectivity index (χ3v) is 3.58. The third kappa shape index (κ3) is 2.68. The van der Waals surface area contributed by atoms with Crippen LogP contribution in [0.2, 0.25) is 0 Å². The summed E-state index contributed by atoms with van der Waals surface area (Å²) in [4.78, 5) is 6.95. The van der Waals surface area contributed by atoms with Crippen molar-refractivity contribution in [2.24, 2.45) is 0 Å². The number of aryl methyl sites for hydroxylation is 2. The standard InChI is InChI=1S/C11H16N4S/c1-7-4-5-10(16-7)8(2)12-6-11-13-9(3)14-15-11/h4-5,8,12H,6H2,1-3H3,(H,13,14,15). The first kappa shape index (κ1) is 11.3. The lowest BCUT2D eigenvalue weighted by Crippen LogP contribution is -2.17. The zero-order valence-corrected chi connectivity index (χ0v) is 10.6. The Kier molecular flexibility index (Phi) is 3.36. The number of nitrogens with one attached hydrogen (secondary N) is 2. The lowest BCUT2D eigenvalue weighted by atomic mass is 10.2. The monoisotopic (exact) mass is 236 g/mol. The molecule has 0 bridgehead atoms. The first-order valence-corrected chi connectivity index (χ1v) is 6.14. The summed E-state index contributed by atoms with van der Waals surface area (Å²) < 4.78 is 0. The predicted octanol–water partition coefficient (Wildman–Crippen LogP) is 2.33. The molecular weight excluding hydrogens is 220 g/mol. The van der Waals surface area contributed by atoms with E-state index in [0.717, 1.165) is 11.6 Å². The molecule has 4 nitrogen and oxygen atoms in total. The van der Waals surface area contributed by atoms with Crippen LogP contribution >= 0.6 is 11.3 Å². The zero-order valence-electron chi connectivity index (χ0n) is 9.74. The number of aromatic nitrogens is 3. The minimum atomic E-state index is 0.345. The van der Waals surface area contributed by atoms with Gasteiger partial charge in [-0.1, -0.05) is 0 Å². The molecule has 2 aromatic heterocycles. The number of H-pyrrole nitrogens is 1. The second-order valence-corrected chi connectivity index (χ2v) is 5.21. The van der Waals surface area contributed by atoms with Crippen molar-refractivity contribution in [3.8, 4) is 0 Å². The molecule has 0 saturated heterocycles. The van der Waals surface area contributed by atoms with Crippen molar-refractivity contribution in [1.29, 1.82) is 0 Å². The van der Waals surface area contributed by atoms with E-state index in [0.29, 0.717) is 12.6 Å². The van der Waals surface area contributed by atoms with Crippen LogP contribution in [-0.2, 0) is 6.54 Å². The Morgan fingerprint density at radius 2 is 2.25 bits per heavy atom. The molecule has 0 aliphatic carbocycles. The molecule has 0 aliphatic rings. The number of thiophene rings is 1. The topological polar surface area (TPSA) is 53.6 Å². The van der Waals surface area contributed by atoms with Gasteiger partial charge in [0.25, 0.3) is 0 Å². The summed E-state index contributed by atoms with van der Waals surface area (Å²) in [6, 6.07) is 4.66. The lowest BCUT2D eigenvalue weighted by molar-refractivity contribution is 0.567. The Hall–Kier alpha value is -1.20. The number of aromatic amines is 1. The molecule has 1 atom stereocenters. The summed E-state index contributed by atoms with van der Waals surface area (Å²) >= 11 is 1.83. The largest absolute Gasteiger partial charge is 0.302 e. The van der Waals surface area contributed by atoms with Gasteiger partial charge in [0.15, 0.2) is 5.82 Å². The van der Waals surface area contributed by atoms with Gasteiger partial charge in [0.1, 0.15) is 5.82 Å². The molecule has 16 heavy (non-hydrogen) atoms. The van der Waals surface area contributed by atoms with E-state index in [2.05, 4.69) is 46.5 Å². The van der Waals surface area contributed by atoms with Crippen LogP contribution in [0, 0.1) is 13.8 Å². The Labute approximate surface area is 99.1 Å². The van der Waals surface area contributed by atoms with Crippen LogP contribution in [0.3, 0.4) is 0 Å². The maximum Gasteiger partial charge on any atom is 0.164 e. The van der Waals surface area contributed by atoms with Crippen LogP contribution in [0.1, 0.15) is 34.4 Å². The smallest absolute Gasteiger partial charge is 0.164 e. The highest BCUT2D eigenvalue weighted by Gasteiger charge is 2.08. The van der Waals surface area contributed by atoms with Crippen molar-refractivity contribution in [3.05, 3.63) is 33.5 Å². The molecule has 0 spiro atoms. The molecule has 2 aromatic rings. The quantitative estimate of drug-likeness (QED) is 0.856. The Balaban J connectivity index is 1.91. The average molecular weight is 236 g/mol. The Bertz CT molecular complexity index is 460. The molecule has 1 unspecified atom stereocenters. The minimum Gasteiger partial charge on any atom is -0.302 e. The van der Waals surface area contributed by atoms with Gasteiger partial charge in [-0.2, -0.15) is 5.10 Å². The van der Waals surface area contributed by atoms with Crippen molar-refractivity contribution < 1.29 is 0 Å². The van der Waals surface area contributed by atoms with Crippen LogP contribution in [0.4, 0.5) is 0 Å². The van der Waals surface area contributed by atoms with Gasteiger partial charge in [0.2, 0.25) is 0 Å². The second kappa shape index (κ2) is 4.76. The van der Waals surface area contributed by atoms with Gasteiger partial charge < -0.3 is 5.32 Å². The van der Waals surface area contributed by atoms with E-state index in [1.807, 2.05) is 18.3 Å². The lowest BCUT2D eigenvalue weighted by Gasteiger charge is -2.09. The maximum atomic E-state index is 4.26. The van der Waals surface area contributed by atoms with Crippen molar-refractivity contribution >= 4 is 11.3 Å². The van der Waals surface area contributed by atoms with Crippen LogP contribution in [0.5, 0.6) is 0 Å². The van der Waals surface area contributed by atoms with E-state index >= 15 is 0 Å². The average Bonchev–Trinajstić information content (AvgIpc) is 2.84. The molecule has 0 amide bonds. The third-order valence-electron chi connectivity index (χ3n) is 2.40. The number of hydrogen-bond acceptors (Lipinski definition) is 4. The molecule has 0 fully saturated rings. The van der Waals surface area contributed by atoms with Crippen molar-refractivity contribution in [2.75, 3.05) is 0 Å². The van der Waals surface area contributed by atoms with Gasteiger partial charge in [-0.05, 0) is 32.9 Å². The van der Waals surface area contributed by atoms with Gasteiger partial charge >= 0.3 is 0 Å². The highest BCUT2D eigenvalue weighted by atomic mass is 32.1. The summed E-state index contributed by atoms with van der Waals surface area (Å²) in [5, 5.41) is 10.3. The fraction of sp³-hybridized carbons (Fsp3) is 0.455. The van der Waals surface area contributed by atoms with Gasteiger partial charge in [0.05, 0.1) is 6.54 Å².